The molecule has 2 aromatic rings. The molecule has 0 radical (unpaired) electrons. The fourth-order valence-electron chi connectivity index (χ4n) is 1.85. The summed E-state index contributed by atoms with van der Waals surface area (Å²) in [5.74, 6) is 3.58. The van der Waals surface area contributed by atoms with Crippen molar-refractivity contribution >= 4 is 10.8 Å². The molecule has 0 aromatic heterocycles. The highest BCUT2D eigenvalue weighted by Crippen LogP contribution is 2.27. The topological polar surface area (TPSA) is 9.23 Å². The van der Waals surface area contributed by atoms with Gasteiger partial charge in [0.05, 0.1) is 7.11 Å². The monoisotopic (exact) mass is 196 g/mol. The highest BCUT2D eigenvalue weighted by molar-refractivity contribution is 5.92. The molecule has 0 saturated heterocycles. The molecule has 0 aliphatic heterocycles. The van der Waals surface area contributed by atoms with E-state index in [1.165, 1.54) is 0 Å². The van der Waals surface area contributed by atoms with Gasteiger partial charge in [0.1, 0.15) is 5.75 Å². The quantitative estimate of drug-likeness (QED) is 0.637. The van der Waals surface area contributed by atoms with Crippen LogP contribution in [0.25, 0.3) is 10.8 Å². The number of methoxy groups -OCH3 is 1. The van der Waals surface area contributed by atoms with Crippen LogP contribution >= 0.6 is 0 Å². The zero-order chi connectivity index (χ0) is 10.8. The van der Waals surface area contributed by atoms with Crippen molar-refractivity contribution in [1.29, 1.82) is 0 Å². The van der Waals surface area contributed by atoms with Gasteiger partial charge in [-0.2, -0.15) is 0 Å². The first kappa shape index (κ1) is 9.61. The van der Waals surface area contributed by atoms with Crippen molar-refractivity contribution in [1.82, 2.24) is 0 Å². The van der Waals surface area contributed by atoms with Gasteiger partial charge in [-0.15, -0.1) is 6.42 Å². The minimum absolute atomic E-state index is 0.870. The van der Waals surface area contributed by atoms with Gasteiger partial charge in [-0.25, -0.2) is 0 Å². The first-order valence-corrected chi connectivity index (χ1v) is 4.80. The fraction of sp³-hybridized carbons (Fsp3) is 0.143. The Labute approximate surface area is 89.7 Å². The highest BCUT2D eigenvalue weighted by Gasteiger charge is 2.04. The number of terminal acetylenes is 1. The molecule has 0 saturated carbocycles. The summed E-state index contributed by atoms with van der Waals surface area (Å²) in [5.41, 5.74) is 2.09. The second-order valence-electron chi connectivity index (χ2n) is 3.49. The molecule has 0 unspecified atom stereocenters. The number of ether oxygens (including phenoxy) is 1. The number of hydrogen-bond acceptors (Lipinski definition) is 1. The summed E-state index contributed by atoms with van der Waals surface area (Å²) in [4.78, 5) is 0. The molecule has 0 spiro atoms. The second kappa shape index (κ2) is 3.67. The Bertz CT molecular complexity index is 547. The van der Waals surface area contributed by atoms with Crippen LogP contribution in [0.5, 0.6) is 5.75 Å². The minimum Gasteiger partial charge on any atom is -0.497 e. The van der Waals surface area contributed by atoms with Crippen molar-refractivity contribution in [3.63, 3.8) is 0 Å². The van der Waals surface area contributed by atoms with Crippen LogP contribution < -0.4 is 4.74 Å². The molecule has 0 bridgehead atoms. The van der Waals surface area contributed by atoms with Crippen LogP contribution in [0.15, 0.2) is 30.3 Å². The zero-order valence-electron chi connectivity index (χ0n) is 8.87. The predicted octanol–water partition coefficient (Wildman–Crippen LogP) is 3.14. The lowest BCUT2D eigenvalue weighted by molar-refractivity contribution is 0.415. The summed E-state index contributed by atoms with van der Waals surface area (Å²) in [6.07, 6.45) is 5.47. The third-order valence-corrected chi connectivity index (χ3v) is 2.54. The molecule has 0 N–H and O–H groups in total. The molecule has 0 heterocycles. The van der Waals surface area contributed by atoms with Gasteiger partial charge in [-0.05, 0) is 36.1 Å². The Balaban J connectivity index is 2.86. The van der Waals surface area contributed by atoms with Crippen LogP contribution in [0.3, 0.4) is 0 Å². The van der Waals surface area contributed by atoms with E-state index in [1.54, 1.807) is 7.11 Å². The maximum absolute atomic E-state index is 5.47. The van der Waals surface area contributed by atoms with Crippen LogP contribution in [0.2, 0.25) is 0 Å². The van der Waals surface area contributed by atoms with Crippen molar-refractivity contribution in [3.05, 3.63) is 41.5 Å². The number of rotatable bonds is 1. The number of benzene rings is 2. The van der Waals surface area contributed by atoms with E-state index in [1.807, 2.05) is 37.3 Å². The molecule has 0 amide bonds. The van der Waals surface area contributed by atoms with Crippen LogP contribution in [-0.4, -0.2) is 7.11 Å². The smallest absolute Gasteiger partial charge is 0.119 e. The summed E-state index contributed by atoms with van der Waals surface area (Å²) in [6.45, 7) is 2.05. The van der Waals surface area contributed by atoms with E-state index in [4.69, 9.17) is 11.2 Å². The van der Waals surface area contributed by atoms with Gasteiger partial charge in [0, 0.05) is 10.9 Å². The van der Waals surface area contributed by atoms with Gasteiger partial charge >= 0.3 is 0 Å². The molecular formula is C14H12O. The van der Waals surface area contributed by atoms with Gasteiger partial charge in [-0.3, -0.25) is 0 Å². The Hall–Kier alpha value is -1.94. The molecule has 0 atom stereocenters. The standard InChI is InChI=1S/C14H12O/c1-4-11-6-5-7-12-9-13(15-3)8-10(2)14(11)12/h1,5-9H,2-3H3. The SMILES string of the molecule is C#Cc1cccc2cc(OC)cc(C)c12. The molecule has 0 aliphatic carbocycles. The average Bonchev–Trinajstić information content (AvgIpc) is 2.27. The molecule has 0 fully saturated rings. The summed E-state index contributed by atoms with van der Waals surface area (Å²) < 4.78 is 5.22. The molecule has 1 heteroatoms. The van der Waals surface area contributed by atoms with Crippen LogP contribution in [0.1, 0.15) is 11.1 Å². The first-order chi connectivity index (χ1) is 7.26. The predicted molar refractivity (Wildman–Crippen MR) is 63.2 cm³/mol. The van der Waals surface area contributed by atoms with E-state index in [-0.39, 0.29) is 0 Å². The lowest BCUT2D eigenvalue weighted by atomic mass is 10.00. The van der Waals surface area contributed by atoms with Gasteiger partial charge in [0.2, 0.25) is 0 Å². The Morgan fingerprint density at radius 2 is 2.07 bits per heavy atom. The molecule has 0 aliphatic rings. The number of hydrogen-bond donors (Lipinski definition) is 0. The van der Waals surface area contributed by atoms with E-state index < -0.39 is 0 Å². The van der Waals surface area contributed by atoms with E-state index in [9.17, 15) is 0 Å². The van der Waals surface area contributed by atoms with Crippen LogP contribution in [0, 0.1) is 19.3 Å². The Morgan fingerprint density at radius 1 is 1.27 bits per heavy atom. The molecule has 15 heavy (non-hydrogen) atoms. The molecule has 74 valence electrons. The van der Waals surface area contributed by atoms with Crippen LogP contribution in [-0.2, 0) is 0 Å². The third-order valence-electron chi connectivity index (χ3n) is 2.54. The zero-order valence-corrected chi connectivity index (χ0v) is 8.87. The highest BCUT2D eigenvalue weighted by atomic mass is 16.5. The molecule has 1 nitrogen and oxygen atoms in total. The van der Waals surface area contributed by atoms with Crippen molar-refractivity contribution in [2.45, 2.75) is 6.92 Å². The van der Waals surface area contributed by atoms with Gasteiger partial charge in [0.25, 0.3) is 0 Å². The van der Waals surface area contributed by atoms with Crippen molar-refractivity contribution in [3.8, 4) is 18.1 Å². The summed E-state index contributed by atoms with van der Waals surface area (Å²) >= 11 is 0. The molecular weight excluding hydrogens is 184 g/mol. The third kappa shape index (κ3) is 1.55. The van der Waals surface area contributed by atoms with Crippen molar-refractivity contribution in [2.75, 3.05) is 7.11 Å². The number of fused-ring (bicyclic) bond motifs is 1. The maximum atomic E-state index is 5.47. The van der Waals surface area contributed by atoms with Crippen molar-refractivity contribution in [2.24, 2.45) is 0 Å². The van der Waals surface area contributed by atoms with E-state index >= 15 is 0 Å². The van der Waals surface area contributed by atoms with Gasteiger partial charge in [-0.1, -0.05) is 18.1 Å². The molecule has 2 rings (SSSR count). The summed E-state index contributed by atoms with van der Waals surface area (Å²) in [7, 11) is 1.67. The Morgan fingerprint density at radius 3 is 2.73 bits per heavy atom. The fourth-order valence-corrected chi connectivity index (χ4v) is 1.85. The largest absolute Gasteiger partial charge is 0.497 e. The van der Waals surface area contributed by atoms with E-state index in [0.717, 1.165) is 27.6 Å². The van der Waals surface area contributed by atoms with E-state index in [0.29, 0.717) is 0 Å². The van der Waals surface area contributed by atoms with E-state index in [2.05, 4.69) is 5.92 Å². The van der Waals surface area contributed by atoms with Gasteiger partial charge < -0.3 is 4.74 Å². The average molecular weight is 196 g/mol. The minimum atomic E-state index is 0.870. The summed E-state index contributed by atoms with van der Waals surface area (Å²) in [6, 6.07) is 9.98. The molecule has 2 aromatic carbocycles. The van der Waals surface area contributed by atoms with Crippen molar-refractivity contribution < 1.29 is 4.74 Å². The maximum Gasteiger partial charge on any atom is 0.119 e. The number of aryl methyl sites for hydroxylation is 1. The second-order valence-corrected chi connectivity index (χ2v) is 3.49. The first-order valence-electron chi connectivity index (χ1n) is 4.80. The lowest BCUT2D eigenvalue weighted by Gasteiger charge is -2.07. The summed E-state index contributed by atoms with van der Waals surface area (Å²) in [5, 5.41) is 2.27. The van der Waals surface area contributed by atoms with Crippen LogP contribution in [0.4, 0.5) is 0 Å². The van der Waals surface area contributed by atoms with Gasteiger partial charge in [0.15, 0.2) is 0 Å². The normalized spacial score (nSPS) is 9.93. The Kier molecular flexibility index (Phi) is 2.35. The lowest BCUT2D eigenvalue weighted by Crippen LogP contribution is -1.88.